The third-order valence-corrected chi connectivity index (χ3v) is 5.85. The zero-order chi connectivity index (χ0) is 15.7. The molecule has 1 aromatic heterocycles. The lowest BCUT2D eigenvalue weighted by Crippen LogP contribution is -2.25. The molecule has 0 saturated heterocycles. The van der Waals surface area contributed by atoms with E-state index in [4.69, 9.17) is 11.6 Å². The van der Waals surface area contributed by atoms with Crippen LogP contribution in [0.5, 0.6) is 0 Å². The summed E-state index contributed by atoms with van der Waals surface area (Å²) in [5.74, 6) is 0.817. The third-order valence-electron chi connectivity index (χ3n) is 4.25. The van der Waals surface area contributed by atoms with Gasteiger partial charge in [0.05, 0.1) is 4.88 Å². The molecule has 0 aliphatic heterocycles. The summed E-state index contributed by atoms with van der Waals surface area (Å²) >= 11 is 7.85. The molecule has 0 radical (unpaired) electrons. The standard InChI is InChI=1S/C18H20ClNOS/c1-12-7-8-16-14(9-12)10-17(22-16)18(21)20(2)11-13-5-3-4-6-15(13)19/h3-6,10,12H,7-9,11H2,1-2H3/t12-/m1/s1. The lowest BCUT2D eigenvalue weighted by atomic mass is 9.90. The van der Waals surface area contributed by atoms with E-state index in [1.54, 1.807) is 16.2 Å². The van der Waals surface area contributed by atoms with Crippen molar-refractivity contribution >= 4 is 28.8 Å². The number of hydrogen-bond donors (Lipinski definition) is 0. The molecule has 0 unspecified atom stereocenters. The molecular weight excluding hydrogens is 314 g/mol. The van der Waals surface area contributed by atoms with Crippen molar-refractivity contribution in [3.8, 4) is 0 Å². The Labute approximate surface area is 140 Å². The lowest BCUT2D eigenvalue weighted by Gasteiger charge is -2.17. The molecule has 1 heterocycles. The van der Waals surface area contributed by atoms with Crippen molar-refractivity contribution in [1.82, 2.24) is 4.90 Å². The van der Waals surface area contributed by atoms with Gasteiger partial charge in [0.25, 0.3) is 5.91 Å². The summed E-state index contributed by atoms with van der Waals surface area (Å²) in [4.78, 5) is 16.7. The van der Waals surface area contributed by atoms with Gasteiger partial charge in [-0.15, -0.1) is 11.3 Å². The Kier molecular flexibility index (Phi) is 4.55. The van der Waals surface area contributed by atoms with E-state index in [0.717, 1.165) is 29.2 Å². The summed E-state index contributed by atoms with van der Waals surface area (Å²) in [5, 5.41) is 0.710. The van der Waals surface area contributed by atoms with Gasteiger partial charge in [0.1, 0.15) is 0 Å². The molecule has 0 N–H and O–H groups in total. The highest BCUT2D eigenvalue weighted by Gasteiger charge is 2.22. The predicted molar refractivity (Wildman–Crippen MR) is 92.8 cm³/mol. The first-order valence-corrected chi connectivity index (χ1v) is 8.84. The molecule has 4 heteroatoms. The number of thiophene rings is 1. The summed E-state index contributed by atoms with van der Waals surface area (Å²) in [6.07, 6.45) is 3.45. The number of carbonyl (C=O) groups excluding carboxylic acids is 1. The van der Waals surface area contributed by atoms with E-state index in [-0.39, 0.29) is 5.91 Å². The molecule has 22 heavy (non-hydrogen) atoms. The van der Waals surface area contributed by atoms with Crippen molar-refractivity contribution in [2.45, 2.75) is 32.7 Å². The van der Waals surface area contributed by atoms with Crippen molar-refractivity contribution in [2.75, 3.05) is 7.05 Å². The highest BCUT2D eigenvalue weighted by atomic mass is 35.5. The Hall–Kier alpha value is -1.32. The van der Waals surface area contributed by atoms with Gasteiger partial charge < -0.3 is 4.90 Å². The average Bonchev–Trinajstić information content (AvgIpc) is 2.91. The highest BCUT2D eigenvalue weighted by Crippen LogP contribution is 2.32. The highest BCUT2D eigenvalue weighted by molar-refractivity contribution is 7.14. The molecule has 2 aromatic rings. The first-order valence-electron chi connectivity index (χ1n) is 7.65. The van der Waals surface area contributed by atoms with Gasteiger partial charge >= 0.3 is 0 Å². The van der Waals surface area contributed by atoms with Gasteiger partial charge in [-0.3, -0.25) is 4.79 Å². The van der Waals surface area contributed by atoms with E-state index < -0.39 is 0 Å². The minimum absolute atomic E-state index is 0.0898. The summed E-state index contributed by atoms with van der Waals surface area (Å²) < 4.78 is 0. The summed E-state index contributed by atoms with van der Waals surface area (Å²) in [5.41, 5.74) is 2.35. The van der Waals surface area contributed by atoms with Gasteiger partial charge in [-0.1, -0.05) is 36.7 Å². The third kappa shape index (κ3) is 3.21. The molecular formula is C18H20ClNOS. The Morgan fingerprint density at radius 2 is 2.18 bits per heavy atom. The molecule has 0 saturated carbocycles. The van der Waals surface area contributed by atoms with Crippen molar-refractivity contribution in [1.29, 1.82) is 0 Å². The van der Waals surface area contributed by atoms with Crippen LogP contribution in [0.2, 0.25) is 5.02 Å². The van der Waals surface area contributed by atoms with Gasteiger partial charge in [0.15, 0.2) is 0 Å². The quantitative estimate of drug-likeness (QED) is 0.790. The SMILES string of the molecule is C[C@@H]1CCc2sc(C(=O)N(C)Cc3ccccc3Cl)cc2C1. The maximum absolute atomic E-state index is 12.7. The van der Waals surface area contributed by atoms with Gasteiger partial charge in [0.2, 0.25) is 0 Å². The maximum Gasteiger partial charge on any atom is 0.263 e. The molecule has 2 nitrogen and oxygen atoms in total. The molecule has 0 fully saturated rings. The molecule has 0 spiro atoms. The smallest absolute Gasteiger partial charge is 0.263 e. The summed E-state index contributed by atoms with van der Waals surface area (Å²) in [6, 6.07) is 9.78. The summed E-state index contributed by atoms with van der Waals surface area (Å²) in [6.45, 7) is 2.82. The minimum atomic E-state index is 0.0898. The second kappa shape index (κ2) is 6.43. The number of rotatable bonds is 3. The fraction of sp³-hybridized carbons (Fsp3) is 0.389. The molecule has 3 rings (SSSR count). The number of halogens is 1. The average molecular weight is 334 g/mol. The van der Waals surface area contributed by atoms with Crippen LogP contribution in [0.1, 0.15) is 39.0 Å². The van der Waals surface area contributed by atoms with Crippen LogP contribution < -0.4 is 0 Å². The van der Waals surface area contributed by atoms with Crippen molar-refractivity contribution in [2.24, 2.45) is 5.92 Å². The van der Waals surface area contributed by atoms with E-state index in [9.17, 15) is 4.79 Å². The van der Waals surface area contributed by atoms with Crippen LogP contribution in [0, 0.1) is 5.92 Å². The molecule has 1 aliphatic carbocycles. The van der Waals surface area contributed by atoms with Crippen LogP contribution in [0.4, 0.5) is 0 Å². The van der Waals surface area contributed by atoms with Crippen LogP contribution in [0.15, 0.2) is 30.3 Å². The van der Waals surface area contributed by atoms with Crippen molar-refractivity contribution in [3.05, 3.63) is 56.2 Å². The molecule has 116 valence electrons. The molecule has 1 aliphatic rings. The number of nitrogens with zero attached hydrogens (tertiary/aromatic N) is 1. The largest absolute Gasteiger partial charge is 0.337 e. The number of amides is 1. The second-order valence-corrected chi connectivity index (χ2v) is 7.70. The minimum Gasteiger partial charge on any atom is -0.337 e. The van der Waals surface area contributed by atoms with E-state index in [1.165, 1.54) is 16.9 Å². The lowest BCUT2D eigenvalue weighted by molar-refractivity contribution is 0.0790. The molecule has 1 atom stereocenters. The monoisotopic (exact) mass is 333 g/mol. The first-order chi connectivity index (χ1) is 10.5. The number of hydrogen-bond acceptors (Lipinski definition) is 2. The number of benzene rings is 1. The number of carbonyl (C=O) groups is 1. The Morgan fingerprint density at radius 3 is 2.95 bits per heavy atom. The Bertz CT molecular complexity index is 694. The first kappa shape index (κ1) is 15.6. The fourth-order valence-corrected chi connectivity index (χ4v) is 4.35. The Morgan fingerprint density at radius 1 is 1.41 bits per heavy atom. The van der Waals surface area contributed by atoms with Gasteiger partial charge in [-0.05, 0) is 48.4 Å². The van der Waals surface area contributed by atoms with Crippen molar-refractivity contribution in [3.63, 3.8) is 0 Å². The van der Waals surface area contributed by atoms with Gasteiger partial charge in [0, 0.05) is 23.5 Å². The number of fused-ring (bicyclic) bond motifs is 1. The molecule has 0 bridgehead atoms. The van der Waals surface area contributed by atoms with Crippen LogP contribution in [-0.2, 0) is 19.4 Å². The van der Waals surface area contributed by atoms with E-state index in [2.05, 4.69) is 13.0 Å². The normalized spacial score (nSPS) is 17.1. The Balaban J connectivity index is 1.75. The second-order valence-electron chi connectivity index (χ2n) is 6.16. The molecule has 1 aromatic carbocycles. The zero-order valence-electron chi connectivity index (χ0n) is 12.9. The predicted octanol–water partition coefficient (Wildman–Crippen LogP) is 4.80. The topological polar surface area (TPSA) is 20.3 Å². The molecule has 1 amide bonds. The zero-order valence-corrected chi connectivity index (χ0v) is 14.5. The maximum atomic E-state index is 12.7. The van der Waals surface area contributed by atoms with Crippen molar-refractivity contribution < 1.29 is 4.79 Å². The van der Waals surface area contributed by atoms with Crippen LogP contribution >= 0.6 is 22.9 Å². The van der Waals surface area contributed by atoms with Crippen LogP contribution in [0.25, 0.3) is 0 Å². The van der Waals surface area contributed by atoms with Gasteiger partial charge in [-0.2, -0.15) is 0 Å². The van der Waals surface area contributed by atoms with Crippen LogP contribution in [0.3, 0.4) is 0 Å². The van der Waals surface area contributed by atoms with Gasteiger partial charge in [-0.25, -0.2) is 0 Å². The summed E-state index contributed by atoms with van der Waals surface area (Å²) in [7, 11) is 1.84. The number of aryl methyl sites for hydroxylation is 1. The fourth-order valence-electron chi connectivity index (χ4n) is 2.95. The van der Waals surface area contributed by atoms with E-state index in [1.807, 2.05) is 31.3 Å². The van der Waals surface area contributed by atoms with E-state index >= 15 is 0 Å². The van der Waals surface area contributed by atoms with Crippen LogP contribution in [-0.4, -0.2) is 17.9 Å². The van der Waals surface area contributed by atoms with E-state index in [0.29, 0.717) is 11.6 Å².